The van der Waals surface area contributed by atoms with Crippen LogP contribution in [0.3, 0.4) is 0 Å². The van der Waals surface area contributed by atoms with Gasteiger partial charge in [-0.2, -0.15) is 10.2 Å². The number of aryl methyl sites for hydroxylation is 1. The standard InChI is InChI=1S/C24H25N5O3/c1-3-17(15-29-23(31)18-10-6-5-9-16(18)14-25-29)26-22(30)13-21-19-11-7-8-12-20(19)24(32)28(4-2)27-21/h5-12,14,17H,3-4,13,15H2,1-2H3,(H,26,30)/t17-/m0/s1. The quantitative estimate of drug-likeness (QED) is 0.484. The molecule has 164 valence electrons. The fourth-order valence-electron chi connectivity index (χ4n) is 3.82. The van der Waals surface area contributed by atoms with Crippen molar-refractivity contribution in [2.75, 3.05) is 0 Å². The molecule has 8 heteroatoms. The van der Waals surface area contributed by atoms with Gasteiger partial charge in [0.15, 0.2) is 0 Å². The Hall–Kier alpha value is -3.81. The van der Waals surface area contributed by atoms with Gasteiger partial charge in [0.2, 0.25) is 5.91 Å². The van der Waals surface area contributed by atoms with Crippen molar-refractivity contribution in [1.82, 2.24) is 24.9 Å². The summed E-state index contributed by atoms with van der Waals surface area (Å²) >= 11 is 0. The lowest BCUT2D eigenvalue weighted by molar-refractivity contribution is -0.121. The topological polar surface area (TPSA) is 98.9 Å². The molecular weight excluding hydrogens is 406 g/mol. The van der Waals surface area contributed by atoms with Crippen molar-refractivity contribution in [1.29, 1.82) is 0 Å². The molecule has 2 heterocycles. The Labute approximate surface area is 184 Å². The van der Waals surface area contributed by atoms with E-state index in [9.17, 15) is 14.4 Å². The summed E-state index contributed by atoms with van der Waals surface area (Å²) in [6.45, 7) is 4.48. The predicted molar refractivity (Wildman–Crippen MR) is 124 cm³/mol. The fourth-order valence-corrected chi connectivity index (χ4v) is 3.82. The molecule has 0 aliphatic rings. The van der Waals surface area contributed by atoms with Crippen LogP contribution in [0.4, 0.5) is 0 Å². The maximum atomic E-state index is 12.9. The molecule has 0 saturated heterocycles. The zero-order valence-corrected chi connectivity index (χ0v) is 18.1. The van der Waals surface area contributed by atoms with Crippen LogP contribution >= 0.6 is 0 Å². The third-order valence-electron chi connectivity index (χ3n) is 5.58. The number of hydrogen-bond acceptors (Lipinski definition) is 5. The van der Waals surface area contributed by atoms with E-state index in [-0.39, 0.29) is 36.0 Å². The molecule has 0 spiro atoms. The van der Waals surface area contributed by atoms with Crippen molar-refractivity contribution in [2.45, 2.75) is 45.8 Å². The minimum absolute atomic E-state index is 0.0390. The first-order valence-electron chi connectivity index (χ1n) is 10.7. The highest BCUT2D eigenvalue weighted by Gasteiger charge is 2.17. The minimum Gasteiger partial charge on any atom is -0.351 e. The van der Waals surface area contributed by atoms with Gasteiger partial charge in [0.05, 0.1) is 35.6 Å². The fraction of sp³-hybridized carbons (Fsp3) is 0.292. The molecule has 0 aliphatic heterocycles. The molecular formula is C24H25N5O3. The van der Waals surface area contributed by atoms with E-state index in [4.69, 9.17) is 0 Å². The van der Waals surface area contributed by atoms with E-state index in [1.54, 1.807) is 24.4 Å². The molecule has 1 amide bonds. The summed E-state index contributed by atoms with van der Waals surface area (Å²) in [5.41, 5.74) is 0.203. The second-order valence-electron chi connectivity index (χ2n) is 7.68. The van der Waals surface area contributed by atoms with Crippen molar-refractivity contribution in [3.63, 3.8) is 0 Å². The Morgan fingerprint density at radius 1 is 0.938 bits per heavy atom. The molecule has 0 fully saturated rings. The van der Waals surface area contributed by atoms with E-state index < -0.39 is 0 Å². The van der Waals surface area contributed by atoms with Gasteiger partial charge < -0.3 is 5.32 Å². The van der Waals surface area contributed by atoms with Gasteiger partial charge in [-0.3, -0.25) is 14.4 Å². The van der Waals surface area contributed by atoms with Gasteiger partial charge in [-0.1, -0.05) is 43.3 Å². The highest BCUT2D eigenvalue weighted by molar-refractivity contribution is 5.88. The van der Waals surface area contributed by atoms with Gasteiger partial charge in [-0.15, -0.1) is 0 Å². The molecule has 0 radical (unpaired) electrons. The molecule has 1 N–H and O–H groups in total. The zero-order chi connectivity index (χ0) is 22.7. The van der Waals surface area contributed by atoms with Crippen LogP contribution in [0.25, 0.3) is 21.5 Å². The summed E-state index contributed by atoms with van der Waals surface area (Å²) in [5, 5.41) is 14.3. The van der Waals surface area contributed by atoms with Crippen molar-refractivity contribution in [2.24, 2.45) is 0 Å². The van der Waals surface area contributed by atoms with E-state index in [1.165, 1.54) is 9.36 Å². The van der Waals surface area contributed by atoms with Gasteiger partial charge in [-0.25, -0.2) is 9.36 Å². The summed E-state index contributed by atoms with van der Waals surface area (Å²) < 4.78 is 2.77. The van der Waals surface area contributed by atoms with Crippen LogP contribution in [-0.2, 0) is 24.3 Å². The second-order valence-corrected chi connectivity index (χ2v) is 7.68. The van der Waals surface area contributed by atoms with E-state index >= 15 is 0 Å². The van der Waals surface area contributed by atoms with Gasteiger partial charge in [-0.05, 0) is 25.5 Å². The lowest BCUT2D eigenvalue weighted by Gasteiger charge is -2.18. The molecule has 1 atom stereocenters. The number of carbonyl (C=O) groups excluding carboxylic acids is 1. The smallest absolute Gasteiger partial charge is 0.274 e. The minimum atomic E-state index is -0.266. The van der Waals surface area contributed by atoms with E-state index in [0.717, 1.165) is 5.39 Å². The predicted octanol–water partition coefficient (Wildman–Crippen LogP) is 2.26. The van der Waals surface area contributed by atoms with Crippen LogP contribution in [-0.4, -0.2) is 31.5 Å². The molecule has 8 nitrogen and oxygen atoms in total. The Bertz CT molecular complexity index is 1410. The normalized spacial score (nSPS) is 12.2. The summed E-state index contributed by atoms with van der Waals surface area (Å²) in [5.74, 6) is -0.218. The zero-order valence-electron chi connectivity index (χ0n) is 18.1. The third-order valence-corrected chi connectivity index (χ3v) is 5.58. The number of benzene rings is 2. The molecule has 4 rings (SSSR count). The molecule has 4 aromatic rings. The number of nitrogens with zero attached hydrogens (tertiary/aromatic N) is 4. The number of aromatic nitrogens is 4. The number of fused-ring (bicyclic) bond motifs is 2. The van der Waals surface area contributed by atoms with Crippen LogP contribution in [0.5, 0.6) is 0 Å². The van der Waals surface area contributed by atoms with E-state index in [0.29, 0.717) is 34.8 Å². The largest absolute Gasteiger partial charge is 0.351 e. The van der Waals surface area contributed by atoms with Crippen molar-refractivity contribution in [3.05, 3.63) is 81.1 Å². The highest BCUT2D eigenvalue weighted by atomic mass is 16.2. The lowest BCUT2D eigenvalue weighted by Crippen LogP contribution is -2.41. The molecule has 0 bridgehead atoms. The third kappa shape index (κ3) is 4.16. The average Bonchev–Trinajstić information content (AvgIpc) is 2.82. The number of hydrogen-bond donors (Lipinski definition) is 1. The average molecular weight is 431 g/mol. The number of nitrogens with one attached hydrogen (secondary N) is 1. The van der Waals surface area contributed by atoms with Crippen molar-refractivity contribution >= 4 is 27.5 Å². The summed E-state index contributed by atoms with van der Waals surface area (Å²) in [4.78, 5) is 38.1. The van der Waals surface area contributed by atoms with Gasteiger partial charge in [0.1, 0.15) is 0 Å². The van der Waals surface area contributed by atoms with Gasteiger partial charge in [0.25, 0.3) is 11.1 Å². The Kier molecular flexibility index (Phi) is 6.11. The van der Waals surface area contributed by atoms with Crippen LogP contribution in [0.2, 0.25) is 0 Å². The van der Waals surface area contributed by atoms with Gasteiger partial charge >= 0.3 is 0 Å². The maximum absolute atomic E-state index is 12.9. The summed E-state index contributed by atoms with van der Waals surface area (Å²) in [7, 11) is 0. The van der Waals surface area contributed by atoms with Crippen molar-refractivity contribution in [3.8, 4) is 0 Å². The maximum Gasteiger partial charge on any atom is 0.274 e. The number of carbonyl (C=O) groups is 1. The molecule has 0 saturated carbocycles. The summed E-state index contributed by atoms with van der Waals surface area (Å²) in [6.07, 6.45) is 2.34. The van der Waals surface area contributed by atoms with Crippen LogP contribution < -0.4 is 16.4 Å². The second kappa shape index (κ2) is 9.13. The van der Waals surface area contributed by atoms with Crippen LogP contribution in [0, 0.1) is 0 Å². The lowest BCUT2D eigenvalue weighted by atomic mass is 10.1. The highest BCUT2D eigenvalue weighted by Crippen LogP contribution is 2.14. The number of amides is 1. The van der Waals surface area contributed by atoms with Crippen molar-refractivity contribution < 1.29 is 4.79 Å². The monoisotopic (exact) mass is 431 g/mol. The molecule has 2 aromatic carbocycles. The molecule has 0 unspecified atom stereocenters. The Balaban J connectivity index is 1.55. The molecule has 0 aliphatic carbocycles. The molecule has 2 aromatic heterocycles. The van der Waals surface area contributed by atoms with Crippen LogP contribution in [0.1, 0.15) is 26.0 Å². The van der Waals surface area contributed by atoms with E-state index in [1.807, 2.05) is 44.2 Å². The number of rotatable bonds is 7. The first-order valence-corrected chi connectivity index (χ1v) is 10.7. The first kappa shape index (κ1) is 21.4. The van der Waals surface area contributed by atoms with Crippen LogP contribution in [0.15, 0.2) is 64.3 Å². The van der Waals surface area contributed by atoms with E-state index in [2.05, 4.69) is 15.5 Å². The van der Waals surface area contributed by atoms with Gasteiger partial charge in [0, 0.05) is 23.4 Å². The Morgan fingerprint density at radius 2 is 1.59 bits per heavy atom. The molecule has 32 heavy (non-hydrogen) atoms. The SMILES string of the molecule is CC[C@@H](Cn1ncc2ccccc2c1=O)NC(=O)Cc1nn(CC)c(=O)c2ccccc12. The Morgan fingerprint density at radius 3 is 2.31 bits per heavy atom. The summed E-state index contributed by atoms with van der Waals surface area (Å²) in [6, 6.07) is 14.2. The first-order chi connectivity index (χ1) is 15.5.